The monoisotopic (exact) mass is 199 g/mol. The van der Waals surface area contributed by atoms with Gasteiger partial charge in [0.05, 0.1) is 0 Å². The highest BCUT2D eigenvalue weighted by Crippen LogP contribution is 2.31. The minimum atomic E-state index is 0.669. The van der Waals surface area contributed by atoms with Crippen molar-refractivity contribution in [3.63, 3.8) is 0 Å². The Hall–Kier alpha value is -0.0800. The molecule has 0 aromatic heterocycles. The summed E-state index contributed by atoms with van der Waals surface area (Å²) in [7, 11) is 3.87. The van der Waals surface area contributed by atoms with Crippen molar-refractivity contribution in [1.82, 2.24) is 5.32 Å². The summed E-state index contributed by atoms with van der Waals surface area (Å²) >= 11 is 0. The molecule has 1 aliphatic rings. The van der Waals surface area contributed by atoms with Crippen LogP contribution in [0, 0.1) is 11.8 Å². The molecule has 2 nitrogen and oxygen atoms in total. The van der Waals surface area contributed by atoms with Crippen LogP contribution in [-0.4, -0.2) is 26.8 Å². The van der Waals surface area contributed by atoms with E-state index in [9.17, 15) is 0 Å². The molecule has 1 fully saturated rings. The maximum absolute atomic E-state index is 5.15. The average Bonchev–Trinajstić information content (AvgIpc) is 2.21. The molecule has 0 aliphatic heterocycles. The third-order valence-corrected chi connectivity index (χ3v) is 3.63. The van der Waals surface area contributed by atoms with Crippen LogP contribution < -0.4 is 5.32 Å². The standard InChI is InChI=1S/C12H25NO/c1-10-4-6-11(7-5-10)12(13-2)8-9-14-3/h10-13H,4-9H2,1-3H3. The Labute approximate surface area is 88.4 Å². The first-order chi connectivity index (χ1) is 6.77. The van der Waals surface area contributed by atoms with Crippen LogP contribution in [0.4, 0.5) is 0 Å². The first-order valence-corrected chi connectivity index (χ1v) is 5.94. The molecule has 84 valence electrons. The molecule has 1 saturated carbocycles. The molecule has 1 unspecified atom stereocenters. The molecule has 2 heteroatoms. The van der Waals surface area contributed by atoms with Gasteiger partial charge in [-0.15, -0.1) is 0 Å². The molecule has 0 spiro atoms. The highest BCUT2D eigenvalue weighted by Gasteiger charge is 2.24. The van der Waals surface area contributed by atoms with E-state index in [1.807, 2.05) is 0 Å². The summed E-state index contributed by atoms with van der Waals surface area (Å²) in [5.74, 6) is 1.83. The number of nitrogens with one attached hydrogen (secondary N) is 1. The smallest absolute Gasteiger partial charge is 0.0477 e. The van der Waals surface area contributed by atoms with Gasteiger partial charge in [-0.3, -0.25) is 0 Å². The van der Waals surface area contributed by atoms with Crippen LogP contribution in [0.25, 0.3) is 0 Å². The minimum Gasteiger partial charge on any atom is -0.385 e. The molecule has 1 N–H and O–H groups in total. The Bertz CT molecular complexity index is 139. The van der Waals surface area contributed by atoms with E-state index in [0.717, 1.165) is 24.9 Å². The van der Waals surface area contributed by atoms with Crippen LogP contribution in [-0.2, 0) is 4.74 Å². The van der Waals surface area contributed by atoms with Crippen molar-refractivity contribution >= 4 is 0 Å². The number of rotatable bonds is 5. The zero-order chi connectivity index (χ0) is 10.4. The Kier molecular flexibility index (Phi) is 5.49. The van der Waals surface area contributed by atoms with Gasteiger partial charge in [0.2, 0.25) is 0 Å². The zero-order valence-corrected chi connectivity index (χ0v) is 9.88. The maximum atomic E-state index is 5.15. The van der Waals surface area contributed by atoms with E-state index in [1.165, 1.54) is 25.7 Å². The first kappa shape index (κ1) is 12.0. The van der Waals surface area contributed by atoms with Crippen molar-refractivity contribution < 1.29 is 4.74 Å². The molecule has 0 bridgehead atoms. The van der Waals surface area contributed by atoms with E-state index in [-0.39, 0.29) is 0 Å². The largest absolute Gasteiger partial charge is 0.385 e. The molecule has 1 atom stereocenters. The van der Waals surface area contributed by atoms with Gasteiger partial charge in [-0.25, -0.2) is 0 Å². The molecule has 1 aliphatic carbocycles. The maximum Gasteiger partial charge on any atom is 0.0477 e. The fraction of sp³-hybridized carbons (Fsp3) is 1.00. The SMILES string of the molecule is CNC(CCOC)C1CCC(C)CC1. The quantitative estimate of drug-likeness (QED) is 0.734. The van der Waals surface area contributed by atoms with Gasteiger partial charge >= 0.3 is 0 Å². The van der Waals surface area contributed by atoms with E-state index in [0.29, 0.717) is 6.04 Å². The minimum absolute atomic E-state index is 0.669. The van der Waals surface area contributed by atoms with Gasteiger partial charge in [-0.2, -0.15) is 0 Å². The fourth-order valence-electron chi connectivity index (χ4n) is 2.55. The van der Waals surface area contributed by atoms with Gasteiger partial charge in [0, 0.05) is 19.8 Å². The van der Waals surface area contributed by atoms with E-state index in [4.69, 9.17) is 4.74 Å². The molecule has 0 saturated heterocycles. The highest BCUT2D eigenvalue weighted by atomic mass is 16.5. The summed E-state index contributed by atoms with van der Waals surface area (Å²) in [5.41, 5.74) is 0. The van der Waals surface area contributed by atoms with Gasteiger partial charge < -0.3 is 10.1 Å². The van der Waals surface area contributed by atoms with Crippen LogP contribution in [0.3, 0.4) is 0 Å². The summed E-state index contributed by atoms with van der Waals surface area (Å²) < 4.78 is 5.15. The summed E-state index contributed by atoms with van der Waals surface area (Å²) in [5, 5.41) is 3.44. The van der Waals surface area contributed by atoms with Crippen LogP contribution >= 0.6 is 0 Å². The molecule has 0 amide bonds. The van der Waals surface area contributed by atoms with Gasteiger partial charge in [-0.05, 0) is 38.1 Å². The van der Waals surface area contributed by atoms with Crippen LogP contribution in [0.5, 0.6) is 0 Å². The van der Waals surface area contributed by atoms with E-state index in [2.05, 4.69) is 19.3 Å². The summed E-state index contributed by atoms with van der Waals surface area (Å²) in [6.07, 6.45) is 6.78. The Morgan fingerprint density at radius 2 is 1.93 bits per heavy atom. The third-order valence-electron chi connectivity index (χ3n) is 3.63. The second-order valence-corrected chi connectivity index (χ2v) is 4.70. The fourth-order valence-corrected chi connectivity index (χ4v) is 2.55. The van der Waals surface area contributed by atoms with Crippen molar-refractivity contribution in [1.29, 1.82) is 0 Å². The van der Waals surface area contributed by atoms with Crippen molar-refractivity contribution in [3.05, 3.63) is 0 Å². The molecular weight excluding hydrogens is 174 g/mol. The predicted molar refractivity (Wildman–Crippen MR) is 60.5 cm³/mol. The Morgan fingerprint density at radius 1 is 1.29 bits per heavy atom. The van der Waals surface area contributed by atoms with E-state index >= 15 is 0 Å². The van der Waals surface area contributed by atoms with E-state index in [1.54, 1.807) is 7.11 Å². The third kappa shape index (κ3) is 3.58. The molecule has 1 rings (SSSR count). The Balaban J connectivity index is 2.29. The Morgan fingerprint density at radius 3 is 2.43 bits per heavy atom. The van der Waals surface area contributed by atoms with Crippen molar-refractivity contribution in [2.24, 2.45) is 11.8 Å². The molecule has 0 aromatic carbocycles. The summed E-state index contributed by atoms with van der Waals surface area (Å²) in [6.45, 7) is 3.26. The molecule has 0 aromatic rings. The number of ether oxygens (including phenoxy) is 1. The number of hydrogen-bond acceptors (Lipinski definition) is 2. The first-order valence-electron chi connectivity index (χ1n) is 5.94. The molecule has 0 heterocycles. The highest BCUT2D eigenvalue weighted by molar-refractivity contribution is 4.79. The lowest BCUT2D eigenvalue weighted by Crippen LogP contribution is -2.36. The second kappa shape index (κ2) is 6.41. The lowest BCUT2D eigenvalue weighted by Gasteiger charge is -2.32. The van der Waals surface area contributed by atoms with Crippen LogP contribution in [0.15, 0.2) is 0 Å². The molecular formula is C12H25NO. The van der Waals surface area contributed by atoms with Crippen LogP contribution in [0.1, 0.15) is 39.0 Å². The van der Waals surface area contributed by atoms with Crippen molar-refractivity contribution in [2.45, 2.75) is 45.1 Å². The topological polar surface area (TPSA) is 21.3 Å². The normalized spacial score (nSPS) is 30.2. The number of hydrogen-bond donors (Lipinski definition) is 1. The zero-order valence-electron chi connectivity index (χ0n) is 9.88. The van der Waals surface area contributed by atoms with Gasteiger partial charge in [0.15, 0.2) is 0 Å². The molecule has 0 radical (unpaired) electrons. The lowest BCUT2D eigenvalue weighted by molar-refractivity contribution is 0.156. The molecule has 14 heavy (non-hydrogen) atoms. The van der Waals surface area contributed by atoms with Crippen LogP contribution in [0.2, 0.25) is 0 Å². The van der Waals surface area contributed by atoms with E-state index < -0.39 is 0 Å². The lowest BCUT2D eigenvalue weighted by atomic mass is 9.78. The van der Waals surface area contributed by atoms with Gasteiger partial charge in [-0.1, -0.05) is 19.8 Å². The summed E-state index contributed by atoms with van der Waals surface area (Å²) in [6, 6.07) is 0.669. The van der Waals surface area contributed by atoms with Crippen molar-refractivity contribution in [2.75, 3.05) is 20.8 Å². The predicted octanol–water partition coefficient (Wildman–Crippen LogP) is 2.44. The average molecular weight is 199 g/mol. The van der Waals surface area contributed by atoms with Crippen molar-refractivity contribution in [3.8, 4) is 0 Å². The van der Waals surface area contributed by atoms with Gasteiger partial charge in [0.25, 0.3) is 0 Å². The summed E-state index contributed by atoms with van der Waals surface area (Å²) in [4.78, 5) is 0. The number of methoxy groups -OCH3 is 1. The van der Waals surface area contributed by atoms with Gasteiger partial charge in [0.1, 0.15) is 0 Å². The second-order valence-electron chi connectivity index (χ2n) is 4.70.